The Morgan fingerprint density at radius 3 is 2.75 bits per heavy atom. The molecule has 4 heteroatoms. The van der Waals surface area contributed by atoms with Crippen LogP contribution in [0.1, 0.15) is 19.4 Å². The third kappa shape index (κ3) is 4.08. The van der Waals surface area contributed by atoms with Gasteiger partial charge in [0, 0.05) is 12.1 Å². The van der Waals surface area contributed by atoms with Gasteiger partial charge in [-0.25, -0.2) is 4.39 Å². The maximum atomic E-state index is 13.2. The van der Waals surface area contributed by atoms with E-state index < -0.39 is 11.4 Å². The second-order valence-electron chi connectivity index (χ2n) is 4.22. The molecular weight excluding hydrogens is 229 g/mol. The van der Waals surface area contributed by atoms with E-state index in [1.807, 2.05) is 13.8 Å². The van der Waals surface area contributed by atoms with E-state index in [-0.39, 0.29) is 5.02 Å². The van der Waals surface area contributed by atoms with E-state index in [9.17, 15) is 4.39 Å². The van der Waals surface area contributed by atoms with Gasteiger partial charge in [-0.1, -0.05) is 17.7 Å². The molecule has 0 spiro atoms. The lowest BCUT2D eigenvalue weighted by Gasteiger charge is -2.24. The molecule has 1 unspecified atom stereocenters. The second-order valence-corrected chi connectivity index (χ2v) is 4.62. The van der Waals surface area contributed by atoms with Crippen LogP contribution in [-0.2, 0) is 11.2 Å². The van der Waals surface area contributed by atoms with Crippen LogP contribution in [0.4, 0.5) is 4.39 Å². The van der Waals surface area contributed by atoms with Crippen LogP contribution < -0.4 is 5.73 Å². The molecule has 0 aliphatic heterocycles. The summed E-state index contributed by atoms with van der Waals surface area (Å²) in [4.78, 5) is 0. The van der Waals surface area contributed by atoms with Gasteiger partial charge < -0.3 is 10.5 Å². The fourth-order valence-electron chi connectivity index (χ4n) is 1.50. The zero-order valence-corrected chi connectivity index (χ0v) is 10.4. The van der Waals surface area contributed by atoms with Crippen molar-refractivity contribution in [3.05, 3.63) is 34.6 Å². The van der Waals surface area contributed by atoms with Crippen LogP contribution in [0, 0.1) is 5.82 Å². The largest absolute Gasteiger partial charge is 0.380 e. The van der Waals surface area contributed by atoms with E-state index in [2.05, 4.69) is 0 Å². The van der Waals surface area contributed by atoms with Gasteiger partial charge in [-0.3, -0.25) is 0 Å². The maximum absolute atomic E-state index is 13.2. The first-order chi connectivity index (χ1) is 7.44. The maximum Gasteiger partial charge on any atom is 0.142 e. The van der Waals surface area contributed by atoms with E-state index in [0.717, 1.165) is 5.56 Å². The summed E-state index contributed by atoms with van der Waals surface area (Å²) < 4.78 is 18.5. The number of rotatable bonds is 5. The van der Waals surface area contributed by atoms with Gasteiger partial charge in [-0.05, 0) is 38.0 Å². The molecule has 0 saturated heterocycles. The Hall–Kier alpha value is -0.640. The number of halogens is 2. The fraction of sp³-hybridized carbons (Fsp3) is 0.500. The summed E-state index contributed by atoms with van der Waals surface area (Å²) in [5.74, 6) is -0.411. The van der Waals surface area contributed by atoms with Crippen LogP contribution in [0.25, 0.3) is 0 Å². The lowest BCUT2D eigenvalue weighted by atomic mass is 9.95. The molecule has 1 aromatic rings. The van der Waals surface area contributed by atoms with Crippen molar-refractivity contribution in [3.8, 4) is 0 Å². The Balaban J connectivity index is 2.68. The van der Waals surface area contributed by atoms with E-state index in [0.29, 0.717) is 19.6 Å². The highest BCUT2D eigenvalue weighted by molar-refractivity contribution is 6.30. The molecule has 1 rings (SSSR count). The van der Waals surface area contributed by atoms with Crippen molar-refractivity contribution in [1.29, 1.82) is 0 Å². The molecule has 2 N–H and O–H groups in total. The summed E-state index contributed by atoms with van der Waals surface area (Å²) in [6, 6.07) is 4.74. The van der Waals surface area contributed by atoms with Gasteiger partial charge in [0.15, 0.2) is 0 Å². The van der Waals surface area contributed by atoms with Crippen LogP contribution in [0.15, 0.2) is 18.2 Å². The number of hydrogen-bond acceptors (Lipinski definition) is 2. The third-order valence-corrected chi connectivity index (χ3v) is 2.53. The first-order valence-corrected chi connectivity index (χ1v) is 5.63. The van der Waals surface area contributed by atoms with E-state index in [4.69, 9.17) is 22.1 Å². The van der Waals surface area contributed by atoms with Gasteiger partial charge in [-0.2, -0.15) is 0 Å². The van der Waals surface area contributed by atoms with Gasteiger partial charge in [-0.15, -0.1) is 0 Å². The van der Waals surface area contributed by atoms with E-state index in [1.165, 1.54) is 6.07 Å². The summed E-state index contributed by atoms with van der Waals surface area (Å²) in [6.07, 6.45) is 0.557. The van der Waals surface area contributed by atoms with Crippen molar-refractivity contribution in [2.24, 2.45) is 5.73 Å². The first kappa shape index (κ1) is 13.4. The van der Waals surface area contributed by atoms with Gasteiger partial charge in [0.1, 0.15) is 5.82 Å². The SMILES string of the molecule is CCOCC(C)(N)Cc1ccc(Cl)c(F)c1. The van der Waals surface area contributed by atoms with Crippen molar-refractivity contribution in [3.63, 3.8) is 0 Å². The molecule has 2 nitrogen and oxygen atoms in total. The van der Waals surface area contributed by atoms with Crippen LogP contribution in [0.3, 0.4) is 0 Å². The molecule has 0 radical (unpaired) electrons. The monoisotopic (exact) mass is 245 g/mol. The topological polar surface area (TPSA) is 35.2 Å². The average Bonchev–Trinajstić information content (AvgIpc) is 2.20. The minimum atomic E-state index is -0.490. The normalized spacial score (nSPS) is 14.8. The van der Waals surface area contributed by atoms with Crippen molar-refractivity contribution in [1.82, 2.24) is 0 Å². The minimum Gasteiger partial charge on any atom is -0.380 e. The summed E-state index contributed by atoms with van der Waals surface area (Å²) in [5, 5.41) is 0.132. The van der Waals surface area contributed by atoms with Gasteiger partial charge in [0.2, 0.25) is 0 Å². The van der Waals surface area contributed by atoms with Crippen LogP contribution >= 0.6 is 11.6 Å². The summed E-state index contributed by atoms with van der Waals surface area (Å²) in [6.45, 7) is 4.88. The fourth-order valence-corrected chi connectivity index (χ4v) is 1.62. The van der Waals surface area contributed by atoms with E-state index in [1.54, 1.807) is 12.1 Å². The lowest BCUT2D eigenvalue weighted by Crippen LogP contribution is -2.43. The number of hydrogen-bond donors (Lipinski definition) is 1. The van der Waals surface area contributed by atoms with Crippen LogP contribution in [0.5, 0.6) is 0 Å². The Morgan fingerprint density at radius 2 is 2.19 bits per heavy atom. The number of nitrogens with two attached hydrogens (primary N) is 1. The Bertz CT molecular complexity index is 355. The molecule has 1 atom stereocenters. The lowest BCUT2D eigenvalue weighted by molar-refractivity contribution is 0.101. The Kier molecular flexibility index (Phi) is 4.71. The van der Waals surface area contributed by atoms with E-state index >= 15 is 0 Å². The smallest absolute Gasteiger partial charge is 0.142 e. The van der Waals surface area contributed by atoms with Crippen molar-refractivity contribution in [2.45, 2.75) is 25.8 Å². The quantitative estimate of drug-likeness (QED) is 0.866. The number of ether oxygens (including phenoxy) is 1. The van der Waals surface area contributed by atoms with Gasteiger partial charge in [0.25, 0.3) is 0 Å². The average molecular weight is 246 g/mol. The predicted molar refractivity (Wildman–Crippen MR) is 64.2 cm³/mol. The molecule has 0 aliphatic rings. The molecular formula is C12H17ClFNO. The van der Waals surface area contributed by atoms with Crippen LogP contribution in [0.2, 0.25) is 5.02 Å². The van der Waals surface area contributed by atoms with Crippen LogP contribution in [-0.4, -0.2) is 18.8 Å². The summed E-state index contributed by atoms with van der Waals surface area (Å²) in [7, 11) is 0. The highest BCUT2D eigenvalue weighted by Gasteiger charge is 2.19. The molecule has 16 heavy (non-hydrogen) atoms. The molecule has 0 aromatic heterocycles. The molecule has 0 bridgehead atoms. The zero-order valence-electron chi connectivity index (χ0n) is 9.59. The third-order valence-electron chi connectivity index (χ3n) is 2.23. The van der Waals surface area contributed by atoms with Crippen molar-refractivity contribution in [2.75, 3.05) is 13.2 Å². The predicted octanol–water partition coefficient (Wildman–Crippen LogP) is 2.78. The molecule has 0 fully saturated rings. The molecule has 90 valence electrons. The highest BCUT2D eigenvalue weighted by atomic mass is 35.5. The minimum absolute atomic E-state index is 0.132. The standard InChI is InChI=1S/C12H17ClFNO/c1-3-16-8-12(2,15)7-9-4-5-10(13)11(14)6-9/h4-6H,3,7-8,15H2,1-2H3. The zero-order chi connectivity index (χ0) is 12.2. The van der Waals surface area contributed by atoms with Gasteiger partial charge in [0.05, 0.1) is 11.6 Å². The first-order valence-electron chi connectivity index (χ1n) is 5.25. The molecule has 0 heterocycles. The summed E-state index contributed by atoms with van der Waals surface area (Å²) in [5.41, 5.74) is 6.38. The second kappa shape index (κ2) is 5.62. The molecule has 0 saturated carbocycles. The highest BCUT2D eigenvalue weighted by Crippen LogP contribution is 2.18. The van der Waals surface area contributed by atoms with Crippen molar-refractivity contribution < 1.29 is 9.13 Å². The Morgan fingerprint density at radius 1 is 1.50 bits per heavy atom. The molecule has 0 aliphatic carbocycles. The molecule has 1 aromatic carbocycles. The van der Waals surface area contributed by atoms with Crippen molar-refractivity contribution >= 4 is 11.6 Å². The summed E-state index contributed by atoms with van der Waals surface area (Å²) >= 11 is 5.60. The number of benzene rings is 1. The van der Waals surface area contributed by atoms with Gasteiger partial charge >= 0.3 is 0 Å². The molecule has 0 amide bonds. The Labute approximate surface area is 101 Å².